The van der Waals surface area contributed by atoms with Crippen molar-refractivity contribution in [3.8, 4) is 0 Å². The first kappa shape index (κ1) is 9.28. The molecule has 0 amide bonds. The van der Waals surface area contributed by atoms with Gasteiger partial charge in [0.05, 0.1) is 13.4 Å². The molecule has 1 nitrogen and oxygen atoms in total. The van der Waals surface area contributed by atoms with Crippen LogP contribution in [0.25, 0.3) is 0 Å². The van der Waals surface area contributed by atoms with Crippen LogP contribution in [0.1, 0.15) is 20.8 Å². The van der Waals surface area contributed by atoms with Gasteiger partial charge in [0, 0.05) is 0 Å². The lowest BCUT2D eigenvalue weighted by Crippen LogP contribution is -1.97. The van der Waals surface area contributed by atoms with Crippen molar-refractivity contribution in [2.45, 2.75) is 20.8 Å². The SMILES string of the molecule is CO/C=C\C=C\C(C)(C)C. The molecule has 1 heteroatoms. The molecule has 0 N–H and O–H groups in total. The zero-order chi connectivity index (χ0) is 8.04. The summed E-state index contributed by atoms with van der Waals surface area (Å²) in [6.07, 6.45) is 7.65. The summed E-state index contributed by atoms with van der Waals surface area (Å²) in [5.41, 5.74) is 0.262. The Morgan fingerprint density at radius 2 is 1.70 bits per heavy atom. The third kappa shape index (κ3) is 7.28. The van der Waals surface area contributed by atoms with E-state index in [-0.39, 0.29) is 5.41 Å². The Morgan fingerprint density at radius 1 is 1.10 bits per heavy atom. The Balaban J connectivity index is 3.66. The average Bonchev–Trinajstić information content (AvgIpc) is 1.78. The number of methoxy groups -OCH3 is 1. The van der Waals surface area contributed by atoms with E-state index in [1.165, 1.54) is 0 Å². The van der Waals surface area contributed by atoms with E-state index in [4.69, 9.17) is 4.74 Å². The normalized spacial score (nSPS) is 13.2. The van der Waals surface area contributed by atoms with Crippen molar-refractivity contribution in [2.75, 3.05) is 7.11 Å². The predicted molar refractivity (Wildman–Crippen MR) is 44.7 cm³/mol. The Kier molecular flexibility index (Phi) is 3.85. The fraction of sp³-hybridized carbons (Fsp3) is 0.556. The van der Waals surface area contributed by atoms with Crippen LogP contribution >= 0.6 is 0 Å². The van der Waals surface area contributed by atoms with E-state index < -0.39 is 0 Å². The molecule has 0 atom stereocenters. The van der Waals surface area contributed by atoms with E-state index >= 15 is 0 Å². The molecular weight excluding hydrogens is 124 g/mol. The van der Waals surface area contributed by atoms with E-state index in [0.29, 0.717) is 0 Å². The molecule has 0 heterocycles. The molecule has 10 heavy (non-hydrogen) atoms. The predicted octanol–water partition coefficient (Wildman–Crippen LogP) is 2.75. The van der Waals surface area contributed by atoms with E-state index in [9.17, 15) is 0 Å². The van der Waals surface area contributed by atoms with Crippen molar-refractivity contribution < 1.29 is 4.74 Å². The summed E-state index contributed by atoms with van der Waals surface area (Å²) in [7, 11) is 1.64. The van der Waals surface area contributed by atoms with Gasteiger partial charge >= 0.3 is 0 Å². The molecule has 0 aliphatic heterocycles. The molecule has 0 aromatic carbocycles. The Bertz CT molecular complexity index is 126. The third-order valence-corrected chi connectivity index (χ3v) is 0.922. The summed E-state index contributed by atoms with van der Waals surface area (Å²) in [6, 6.07) is 0. The Hall–Kier alpha value is -0.720. The summed E-state index contributed by atoms with van der Waals surface area (Å²) in [4.78, 5) is 0. The molecule has 0 fully saturated rings. The second kappa shape index (κ2) is 4.15. The van der Waals surface area contributed by atoms with Crippen molar-refractivity contribution in [2.24, 2.45) is 5.41 Å². The summed E-state index contributed by atoms with van der Waals surface area (Å²) >= 11 is 0. The van der Waals surface area contributed by atoms with Crippen molar-refractivity contribution in [1.29, 1.82) is 0 Å². The van der Waals surface area contributed by atoms with Crippen molar-refractivity contribution >= 4 is 0 Å². The highest BCUT2D eigenvalue weighted by Gasteiger charge is 2.01. The largest absolute Gasteiger partial charge is 0.504 e. The van der Waals surface area contributed by atoms with Crippen LogP contribution < -0.4 is 0 Å². The highest BCUT2D eigenvalue weighted by Crippen LogP contribution is 2.13. The number of hydrogen-bond acceptors (Lipinski definition) is 1. The standard InChI is InChI=1S/C9H16O/c1-9(2,3)7-5-6-8-10-4/h5-8H,1-4H3/b7-5+,8-6-. The van der Waals surface area contributed by atoms with Gasteiger partial charge in [-0.25, -0.2) is 0 Å². The van der Waals surface area contributed by atoms with E-state index in [0.717, 1.165) is 0 Å². The summed E-state index contributed by atoms with van der Waals surface area (Å²) in [5.74, 6) is 0. The summed E-state index contributed by atoms with van der Waals surface area (Å²) < 4.78 is 4.72. The minimum absolute atomic E-state index is 0.262. The number of allylic oxidation sites excluding steroid dienone is 3. The highest BCUT2D eigenvalue weighted by atomic mass is 16.5. The minimum Gasteiger partial charge on any atom is -0.504 e. The van der Waals surface area contributed by atoms with Crippen LogP contribution in [0.4, 0.5) is 0 Å². The molecule has 0 aliphatic rings. The maximum atomic E-state index is 4.72. The second-order valence-corrected chi connectivity index (χ2v) is 3.29. The fourth-order valence-electron chi connectivity index (χ4n) is 0.468. The molecule has 0 saturated heterocycles. The molecule has 0 radical (unpaired) electrons. The van der Waals surface area contributed by atoms with Crippen molar-refractivity contribution in [3.05, 3.63) is 24.5 Å². The monoisotopic (exact) mass is 140 g/mol. The maximum Gasteiger partial charge on any atom is 0.0824 e. The maximum absolute atomic E-state index is 4.72. The minimum atomic E-state index is 0.262. The first-order valence-electron chi connectivity index (χ1n) is 3.43. The molecule has 0 spiro atoms. The van der Waals surface area contributed by atoms with Crippen LogP contribution in [0.15, 0.2) is 24.5 Å². The van der Waals surface area contributed by atoms with Crippen LogP contribution in [-0.4, -0.2) is 7.11 Å². The van der Waals surface area contributed by atoms with Crippen LogP contribution in [0.2, 0.25) is 0 Å². The molecule has 0 aromatic rings. The molecular formula is C9H16O. The lowest BCUT2D eigenvalue weighted by molar-refractivity contribution is 0.338. The molecule has 0 aliphatic carbocycles. The summed E-state index contributed by atoms with van der Waals surface area (Å²) in [6.45, 7) is 6.47. The van der Waals surface area contributed by atoms with Gasteiger partial charge < -0.3 is 4.74 Å². The lowest BCUT2D eigenvalue weighted by Gasteiger charge is -2.09. The first-order chi connectivity index (χ1) is 4.56. The fourth-order valence-corrected chi connectivity index (χ4v) is 0.468. The molecule has 0 unspecified atom stereocenters. The number of rotatable bonds is 2. The van der Waals surface area contributed by atoms with Gasteiger partial charge in [-0.2, -0.15) is 0 Å². The Labute approximate surface area is 63.4 Å². The van der Waals surface area contributed by atoms with Crippen LogP contribution in [-0.2, 0) is 4.74 Å². The topological polar surface area (TPSA) is 9.23 Å². The lowest BCUT2D eigenvalue weighted by atomic mass is 9.96. The van der Waals surface area contributed by atoms with Gasteiger partial charge in [-0.05, 0) is 11.5 Å². The van der Waals surface area contributed by atoms with Crippen molar-refractivity contribution in [1.82, 2.24) is 0 Å². The zero-order valence-electron chi connectivity index (χ0n) is 7.22. The van der Waals surface area contributed by atoms with E-state index in [2.05, 4.69) is 26.8 Å². The van der Waals surface area contributed by atoms with Crippen LogP contribution in [0.3, 0.4) is 0 Å². The van der Waals surface area contributed by atoms with Crippen LogP contribution in [0.5, 0.6) is 0 Å². The van der Waals surface area contributed by atoms with Crippen LogP contribution in [0, 0.1) is 5.41 Å². The van der Waals surface area contributed by atoms with Crippen molar-refractivity contribution in [3.63, 3.8) is 0 Å². The molecule has 0 bridgehead atoms. The van der Waals surface area contributed by atoms with E-state index in [1.54, 1.807) is 13.4 Å². The second-order valence-electron chi connectivity index (χ2n) is 3.29. The molecule has 0 aromatic heterocycles. The first-order valence-corrected chi connectivity index (χ1v) is 3.43. The van der Waals surface area contributed by atoms with Gasteiger partial charge in [-0.3, -0.25) is 0 Å². The van der Waals surface area contributed by atoms with Gasteiger partial charge in [0.2, 0.25) is 0 Å². The van der Waals surface area contributed by atoms with Gasteiger partial charge in [0.15, 0.2) is 0 Å². The smallest absolute Gasteiger partial charge is 0.0824 e. The van der Waals surface area contributed by atoms with Gasteiger partial charge in [-0.1, -0.05) is 32.9 Å². The zero-order valence-corrected chi connectivity index (χ0v) is 7.22. The molecule has 0 saturated carbocycles. The van der Waals surface area contributed by atoms with E-state index in [1.807, 2.05) is 12.2 Å². The quantitative estimate of drug-likeness (QED) is 0.423. The molecule has 58 valence electrons. The Morgan fingerprint density at radius 3 is 2.10 bits per heavy atom. The molecule has 0 rings (SSSR count). The highest BCUT2D eigenvalue weighted by molar-refractivity contribution is 5.03. The number of hydrogen-bond donors (Lipinski definition) is 0. The third-order valence-electron chi connectivity index (χ3n) is 0.922. The van der Waals surface area contributed by atoms with Gasteiger partial charge in [-0.15, -0.1) is 0 Å². The number of ether oxygens (including phenoxy) is 1. The average molecular weight is 140 g/mol. The summed E-state index contributed by atoms with van der Waals surface area (Å²) in [5, 5.41) is 0. The van der Waals surface area contributed by atoms with Gasteiger partial charge in [0.25, 0.3) is 0 Å². The van der Waals surface area contributed by atoms with Gasteiger partial charge in [0.1, 0.15) is 0 Å².